The highest BCUT2D eigenvalue weighted by atomic mass is 15.3. The van der Waals surface area contributed by atoms with E-state index in [1.807, 2.05) is 11.7 Å². The molecule has 1 aromatic rings. The summed E-state index contributed by atoms with van der Waals surface area (Å²) in [7, 11) is 4.23. The number of likely N-dealkylation sites (N-methyl/N-ethyl adjacent to an activating group) is 1. The smallest absolute Gasteiger partial charge is 0.0641 e. The van der Waals surface area contributed by atoms with Crippen molar-refractivity contribution in [3.8, 4) is 0 Å². The van der Waals surface area contributed by atoms with Gasteiger partial charge in [-0.05, 0) is 40.3 Å². The van der Waals surface area contributed by atoms with Gasteiger partial charge in [-0.1, -0.05) is 0 Å². The fraction of sp³-hybridized carbons (Fsp3) is 0.769. The molecule has 0 aromatic carbocycles. The molecule has 1 aromatic heterocycles. The molecule has 17 heavy (non-hydrogen) atoms. The van der Waals surface area contributed by atoms with E-state index in [0.29, 0.717) is 6.04 Å². The zero-order valence-corrected chi connectivity index (χ0v) is 11.5. The Labute approximate surface area is 104 Å². The zero-order valence-electron chi connectivity index (χ0n) is 11.5. The third-order valence-electron chi connectivity index (χ3n) is 4.01. The van der Waals surface area contributed by atoms with E-state index in [9.17, 15) is 0 Å². The van der Waals surface area contributed by atoms with Crippen LogP contribution < -0.4 is 5.32 Å². The molecule has 4 heteroatoms. The molecule has 96 valence electrons. The molecule has 0 amide bonds. The quantitative estimate of drug-likeness (QED) is 0.853. The highest BCUT2D eigenvalue weighted by Gasteiger charge is 2.20. The lowest BCUT2D eigenvalue weighted by Crippen LogP contribution is -2.35. The SMILES string of the molecule is Cc1nn(C)c(C)c1CNCC1CCCN1C. The molecule has 4 nitrogen and oxygen atoms in total. The molecule has 1 aliphatic heterocycles. The minimum absolute atomic E-state index is 0.715. The van der Waals surface area contributed by atoms with Crippen LogP contribution in [0, 0.1) is 13.8 Å². The molecular formula is C13H24N4. The van der Waals surface area contributed by atoms with Gasteiger partial charge >= 0.3 is 0 Å². The average molecular weight is 236 g/mol. The molecule has 1 saturated heterocycles. The van der Waals surface area contributed by atoms with Gasteiger partial charge in [-0.25, -0.2) is 0 Å². The normalized spacial score (nSPS) is 21.3. The van der Waals surface area contributed by atoms with Crippen LogP contribution in [0.2, 0.25) is 0 Å². The summed E-state index contributed by atoms with van der Waals surface area (Å²) >= 11 is 0. The third kappa shape index (κ3) is 2.69. The highest BCUT2D eigenvalue weighted by molar-refractivity contribution is 5.23. The molecule has 0 spiro atoms. The van der Waals surface area contributed by atoms with Crippen molar-refractivity contribution in [3.63, 3.8) is 0 Å². The molecule has 1 unspecified atom stereocenters. The minimum atomic E-state index is 0.715. The summed E-state index contributed by atoms with van der Waals surface area (Å²) in [6.45, 7) is 7.50. The molecule has 0 aliphatic carbocycles. The first kappa shape index (κ1) is 12.6. The van der Waals surface area contributed by atoms with Crippen molar-refractivity contribution >= 4 is 0 Å². The molecular weight excluding hydrogens is 212 g/mol. The van der Waals surface area contributed by atoms with Crippen LogP contribution >= 0.6 is 0 Å². The summed E-state index contributed by atoms with van der Waals surface area (Å²) in [5.41, 5.74) is 3.78. The van der Waals surface area contributed by atoms with Crippen LogP contribution in [0.5, 0.6) is 0 Å². The van der Waals surface area contributed by atoms with E-state index in [1.165, 1.54) is 30.6 Å². The zero-order chi connectivity index (χ0) is 12.4. The van der Waals surface area contributed by atoms with E-state index in [4.69, 9.17) is 0 Å². The van der Waals surface area contributed by atoms with E-state index < -0.39 is 0 Å². The first-order valence-corrected chi connectivity index (χ1v) is 6.49. The number of likely N-dealkylation sites (tertiary alicyclic amines) is 1. The monoisotopic (exact) mass is 236 g/mol. The summed E-state index contributed by atoms with van der Waals surface area (Å²) < 4.78 is 1.97. The Kier molecular flexibility index (Phi) is 3.84. The lowest BCUT2D eigenvalue weighted by atomic mass is 10.2. The Bertz CT molecular complexity index is 383. The van der Waals surface area contributed by atoms with Crippen molar-refractivity contribution in [2.24, 2.45) is 7.05 Å². The van der Waals surface area contributed by atoms with Crippen LogP contribution in [-0.2, 0) is 13.6 Å². The summed E-state index contributed by atoms with van der Waals surface area (Å²) in [6.07, 6.45) is 2.67. The number of hydrogen-bond donors (Lipinski definition) is 1. The van der Waals surface area contributed by atoms with Crippen molar-refractivity contribution < 1.29 is 0 Å². The van der Waals surface area contributed by atoms with Crippen LogP contribution in [-0.4, -0.2) is 40.9 Å². The van der Waals surface area contributed by atoms with Crippen LogP contribution in [0.1, 0.15) is 29.8 Å². The van der Waals surface area contributed by atoms with Gasteiger partial charge in [0, 0.05) is 37.4 Å². The van der Waals surface area contributed by atoms with Crippen LogP contribution in [0.3, 0.4) is 0 Å². The fourth-order valence-corrected chi connectivity index (χ4v) is 2.67. The molecule has 0 saturated carbocycles. The van der Waals surface area contributed by atoms with E-state index in [2.05, 4.69) is 36.2 Å². The maximum Gasteiger partial charge on any atom is 0.0641 e. The number of hydrogen-bond acceptors (Lipinski definition) is 3. The van der Waals surface area contributed by atoms with Crippen molar-refractivity contribution in [1.82, 2.24) is 20.0 Å². The molecule has 1 fully saturated rings. The molecule has 1 aliphatic rings. The second kappa shape index (κ2) is 5.19. The summed E-state index contributed by atoms with van der Waals surface area (Å²) in [5.74, 6) is 0. The number of nitrogens with one attached hydrogen (secondary N) is 1. The van der Waals surface area contributed by atoms with Crippen LogP contribution in [0.25, 0.3) is 0 Å². The topological polar surface area (TPSA) is 33.1 Å². The van der Waals surface area contributed by atoms with Gasteiger partial charge in [0.25, 0.3) is 0 Å². The van der Waals surface area contributed by atoms with E-state index in [1.54, 1.807) is 0 Å². The van der Waals surface area contributed by atoms with Crippen molar-refractivity contribution in [3.05, 3.63) is 17.0 Å². The predicted octanol–water partition coefficient (Wildman–Crippen LogP) is 1.22. The van der Waals surface area contributed by atoms with E-state index >= 15 is 0 Å². The Morgan fingerprint density at radius 2 is 2.12 bits per heavy atom. The van der Waals surface area contributed by atoms with Gasteiger partial charge in [0.2, 0.25) is 0 Å². The lowest BCUT2D eigenvalue weighted by Gasteiger charge is -2.19. The molecule has 2 heterocycles. The Hall–Kier alpha value is -0.870. The van der Waals surface area contributed by atoms with Crippen molar-refractivity contribution in [2.45, 2.75) is 39.3 Å². The highest BCUT2D eigenvalue weighted by Crippen LogP contribution is 2.15. The van der Waals surface area contributed by atoms with Gasteiger partial charge in [-0.15, -0.1) is 0 Å². The molecule has 1 N–H and O–H groups in total. The van der Waals surface area contributed by atoms with Crippen molar-refractivity contribution in [1.29, 1.82) is 0 Å². The Morgan fingerprint density at radius 1 is 1.35 bits per heavy atom. The summed E-state index contributed by atoms with van der Waals surface area (Å²) in [6, 6.07) is 0.715. The standard InChI is InChI=1S/C13H24N4/c1-10-13(11(2)17(4)15-10)9-14-8-12-6-5-7-16(12)3/h12,14H,5-9H2,1-4H3. The molecule has 0 radical (unpaired) electrons. The van der Waals surface area contributed by atoms with Gasteiger partial charge in [0.05, 0.1) is 5.69 Å². The maximum atomic E-state index is 4.44. The van der Waals surface area contributed by atoms with Crippen LogP contribution in [0.15, 0.2) is 0 Å². The van der Waals surface area contributed by atoms with Gasteiger partial charge < -0.3 is 10.2 Å². The fourth-order valence-electron chi connectivity index (χ4n) is 2.67. The summed E-state index contributed by atoms with van der Waals surface area (Å²) in [4.78, 5) is 2.45. The van der Waals surface area contributed by atoms with Gasteiger partial charge in [-0.2, -0.15) is 5.10 Å². The van der Waals surface area contributed by atoms with Crippen molar-refractivity contribution in [2.75, 3.05) is 20.1 Å². The van der Waals surface area contributed by atoms with Gasteiger partial charge in [-0.3, -0.25) is 4.68 Å². The summed E-state index contributed by atoms with van der Waals surface area (Å²) in [5, 5.41) is 8.02. The molecule has 2 rings (SSSR count). The van der Waals surface area contributed by atoms with Gasteiger partial charge in [0.15, 0.2) is 0 Å². The first-order valence-electron chi connectivity index (χ1n) is 6.49. The molecule has 1 atom stereocenters. The van der Waals surface area contributed by atoms with E-state index in [0.717, 1.165) is 18.8 Å². The predicted molar refractivity (Wildman–Crippen MR) is 70.0 cm³/mol. The van der Waals surface area contributed by atoms with Gasteiger partial charge in [0.1, 0.15) is 0 Å². The number of rotatable bonds is 4. The second-order valence-electron chi connectivity index (χ2n) is 5.18. The average Bonchev–Trinajstić information content (AvgIpc) is 2.78. The Morgan fingerprint density at radius 3 is 2.65 bits per heavy atom. The van der Waals surface area contributed by atoms with Crippen LogP contribution in [0.4, 0.5) is 0 Å². The second-order valence-corrected chi connectivity index (χ2v) is 5.18. The number of aromatic nitrogens is 2. The third-order valence-corrected chi connectivity index (χ3v) is 4.01. The minimum Gasteiger partial charge on any atom is -0.311 e. The first-order chi connectivity index (χ1) is 8.09. The number of aryl methyl sites for hydroxylation is 2. The largest absolute Gasteiger partial charge is 0.311 e. The Balaban J connectivity index is 1.85. The lowest BCUT2D eigenvalue weighted by molar-refractivity contribution is 0.300. The number of nitrogens with zero attached hydrogens (tertiary/aromatic N) is 3. The van der Waals surface area contributed by atoms with E-state index in [-0.39, 0.29) is 0 Å². The maximum absolute atomic E-state index is 4.44. The molecule has 0 bridgehead atoms.